The van der Waals surface area contributed by atoms with Crippen LogP contribution in [0.2, 0.25) is 0 Å². The summed E-state index contributed by atoms with van der Waals surface area (Å²) in [5.41, 5.74) is 0. The number of fused-ring (bicyclic) bond motifs is 1. The van der Waals surface area contributed by atoms with E-state index in [1.54, 1.807) is 6.08 Å². The lowest BCUT2D eigenvalue weighted by molar-refractivity contribution is -0.390. The summed E-state index contributed by atoms with van der Waals surface area (Å²) in [4.78, 5) is 50.4. The first-order valence-electron chi connectivity index (χ1n) is 32.6. The molecule has 0 amide bonds. The number of aliphatic hydroxyl groups excluding tert-OH is 16. The Balaban J connectivity index is 0.961. The highest BCUT2D eigenvalue weighted by molar-refractivity contribution is 5.90. The highest BCUT2D eigenvalue weighted by atomic mass is 16.8. The molecule has 4 saturated carbocycles. The Hall–Kier alpha value is -3.68. The van der Waals surface area contributed by atoms with E-state index in [2.05, 4.69) is 0 Å². The molecule has 0 aromatic rings. The van der Waals surface area contributed by atoms with Crippen LogP contribution in [0.1, 0.15) is 89.9 Å². The quantitative estimate of drug-likeness (QED) is 0.0149. The van der Waals surface area contributed by atoms with E-state index in [0.29, 0.717) is 44.9 Å². The molecule has 32 atom stereocenters. The summed E-state index contributed by atoms with van der Waals surface area (Å²) < 4.78 is 76.0. The van der Waals surface area contributed by atoms with Crippen molar-refractivity contribution in [3.63, 3.8) is 0 Å². The van der Waals surface area contributed by atoms with Crippen LogP contribution in [0.4, 0.5) is 0 Å². The summed E-state index contributed by atoms with van der Waals surface area (Å²) in [6.45, 7) is -3.10. The van der Waals surface area contributed by atoms with Gasteiger partial charge in [-0.1, -0.05) is 12.2 Å². The summed E-state index contributed by atoms with van der Waals surface area (Å²) in [7, 11) is 1.44. The average molecular weight is 1370 g/mol. The molecule has 12 unspecified atom stereocenters. The molecule has 95 heavy (non-hydrogen) atoms. The summed E-state index contributed by atoms with van der Waals surface area (Å²) in [6, 6.07) is 0. The molecule has 0 aromatic carbocycles. The van der Waals surface area contributed by atoms with Gasteiger partial charge in [0.2, 0.25) is 0 Å². The van der Waals surface area contributed by atoms with Gasteiger partial charge in [0.25, 0.3) is 0 Å². The third-order valence-electron chi connectivity index (χ3n) is 19.9. The van der Waals surface area contributed by atoms with Gasteiger partial charge in [-0.3, -0.25) is 9.59 Å². The van der Waals surface area contributed by atoms with E-state index in [4.69, 9.17) is 66.7 Å². The molecule has 9 fully saturated rings. The Morgan fingerprint density at radius 1 is 0.474 bits per heavy atom. The summed E-state index contributed by atoms with van der Waals surface area (Å²) in [5, 5.41) is 183. The number of carboxylic acids is 1. The fourth-order valence-electron chi connectivity index (χ4n) is 14.4. The van der Waals surface area contributed by atoms with Crippen LogP contribution >= 0.6 is 0 Å². The van der Waals surface area contributed by atoms with Crippen LogP contribution in [-0.4, -0.2) is 333 Å². The monoisotopic (exact) mass is 1370 g/mol. The minimum Gasteiger partial charge on any atom is -0.481 e. The number of ether oxygens (including phenoxy) is 13. The predicted molar refractivity (Wildman–Crippen MR) is 309 cm³/mol. The molecule has 0 aromatic heterocycles. The highest BCUT2D eigenvalue weighted by Crippen LogP contribution is 2.45. The first-order valence-corrected chi connectivity index (χ1v) is 32.6. The van der Waals surface area contributed by atoms with Gasteiger partial charge in [0.1, 0.15) is 117 Å². The number of allylic oxidation sites excluding steroid dienone is 2. The zero-order chi connectivity index (χ0) is 68.7. The zero-order valence-electron chi connectivity index (χ0n) is 52.2. The smallest absolute Gasteiger partial charge is 0.330 e. The molecule has 0 radical (unpaired) electrons. The van der Waals surface area contributed by atoms with Gasteiger partial charge in [-0.25, -0.2) is 9.59 Å². The molecule has 34 heteroatoms. The van der Waals surface area contributed by atoms with E-state index in [1.807, 2.05) is 0 Å². The Morgan fingerprint density at radius 2 is 1.01 bits per heavy atom. The SMILES string of the molecule is COC1CC(C=CC(=O)O[C@H]2[C@H](O[C@H]3[C@H](OC4CC5C(O[C@@H]6O[C@H](COC(=O)CC(=O)O)[C@@H](O)[C@H](O)[C@H]6O)CC(O)CC5[OH+]C4C4CCC(O)C(O)C4)O[C@H](COC(=O)C=CC4CCC(O[C@@H]5O[C@H](CO)[C@@H](O)[C@H](O)[C@H]5O)CC4)[C@@H](O)[C@@H]3O)O[C@H](CO)[C@@H](O)[C@@H]2O)CCC1O. The number of carboxylic acid groups (broad SMARTS) is 1. The normalized spacial score (nSPS) is 46.8. The second kappa shape index (κ2) is 34.1. The molecule has 5 saturated heterocycles. The summed E-state index contributed by atoms with van der Waals surface area (Å²) >= 11 is 0. The molecule has 34 nitrogen and oxygen atoms in total. The Kier molecular flexibility index (Phi) is 27.1. The van der Waals surface area contributed by atoms with E-state index in [9.17, 15) is 101 Å². The fourth-order valence-corrected chi connectivity index (χ4v) is 14.4. The van der Waals surface area contributed by atoms with Gasteiger partial charge in [0.05, 0.1) is 61.9 Å². The Morgan fingerprint density at radius 3 is 1.66 bits per heavy atom. The van der Waals surface area contributed by atoms with E-state index >= 15 is 0 Å². The predicted octanol–water partition coefficient (Wildman–Crippen LogP) is -7.07. The maximum Gasteiger partial charge on any atom is 0.330 e. The van der Waals surface area contributed by atoms with Crippen LogP contribution in [0, 0.1) is 23.7 Å². The van der Waals surface area contributed by atoms with Crippen molar-refractivity contribution in [1.82, 2.24) is 0 Å². The van der Waals surface area contributed by atoms with Gasteiger partial charge in [-0.15, -0.1) is 0 Å². The lowest BCUT2D eigenvalue weighted by atomic mass is 9.72. The maximum absolute atomic E-state index is 13.6. The van der Waals surface area contributed by atoms with Crippen molar-refractivity contribution in [2.24, 2.45) is 23.7 Å². The van der Waals surface area contributed by atoms with Crippen molar-refractivity contribution < 1.29 is 168 Å². The van der Waals surface area contributed by atoms with Crippen molar-refractivity contribution >= 4 is 23.9 Å². The Bertz CT molecular complexity index is 2520. The van der Waals surface area contributed by atoms with Crippen LogP contribution in [0.5, 0.6) is 0 Å². The molecule has 9 rings (SSSR count). The van der Waals surface area contributed by atoms with Crippen LogP contribution in [0.15, 0.2) is 24.3 Å². The van der Waals surface area contributed by atoms with E-state index in [-0.39, 0.29) is 50.4 Å². The highest BCUT2D eigenvalue weighted by Gasteiger charge is 2.59. The van der Waals surface area contributed by atoms with Crippen molar-refractivity contribution in [1.29, 1.82) is 0 Å². The van der Waals surface area contributed by atoms with Gasteiger partial charge >= 0.3 is 23.9 Å². The summed E-state index contributed by atoms with van der Waals surface area (Å²) in [6.07, 6.45) is -37.5. The number of carbonyl (C=O) groups is 4. The van der Waals surface area contributed by atoms with E-state index < -0.39 is 252 Å². The molecule has 4 aliphatic carbocycles. The number of aliphatic carboxylic acids is 1. The van der Waals surface area contributed by atoms with E-state index in [0.717, 1.165) is 12.2 Å². The second-order valence-corrected chi connectivity index (χ2v) is 26.4. The third-order valence-corrected chi connectivity index (χ3v) is 19.9. The van der Waals surface area contributed by atoms with Gasteiger partial charge < -0.3 is 148 Å². The average Bonchev–Trinajstić information content (AvgIpc) is 0.776. The first-order chi connectivity index (χ1) is 45.2. The van der Waals surface area contributed by atoms with Crippen molar-refractivity contribution in [2.75, 3.05) is 33.5 Å². The molecular weight excluding hydrogens is 1280 g/mol. The maximum atomic E-state index is 13.6. The Labute approximate surface area is 545 Å². The van der Waals surface area contributed by atoms with Crippen LogP contribution < -0.4 is 0 Å². The number of rotatable bonds is 23. The molecule has 5 heterocycles. The number of aliphatic hydroxyl groups is 18. The minimum absolute atomic E-state index is 0.0259. The first kappa shape index (κ1) is 75.5. The second-order valence-electron chi connectivity index (χ2n) is 26.4. The van der Waals surface area contributed by atoms with Gasteiger partial charge in [-0.2, -0.15) is 0 Å². The molecule has 542 valence electrons. The molecule has 0 spiro atoms. The zero-order valence-corrected chi connectivity index (χ0v) is 52.2. The van der Waals surface area contributed by atoms with Crippen LogP contribution in [0.3, 0.4) is 0 Å². The van der Waals surface area contributed by atoms with Crippen molar-refractivity contribution in [2.45, 2.75) is 274 Å². The largest absolute Gasteiger partial charge is 0.481 e. The standard InChI is InChI=1S/C61H94O34/c1-83-35-14-25(4-10-31(35)66)6-13-43(71)94-56-51(79)46(74)38(21-63)91-61(56)95-57-52(80)48(76)40(22-84-42(70)12-5-24-2-8-28(9-3-24)86-58-53(81)49(77)45(73)37(20-62)90-58)93-60(57)89-36-18-29-33(87-55(36)26-7-11-30(65)32(67)15-26)16-27(64)17-34(29)88-59-54(82)50(78)47(75)39(92-59)23-85-44(72)19-41(68)69/h5-6,12-13,24-40,45-67,73-82H,2-4,7-11,14-23H2,1H3,(H,68,69)/p+1/t24?,25?,26?,27?,28?,29?,30?,31?,32?,33?,34?,35?,36?,37-,38-,39-,40-,45-,46-,47-,48-,49+,50+,51+,52+,53-,54-,55?,56-,57-,58-,59-,60-,61+/m1/s1. The minimum atomic E-state index is -2.12. The molecule has 0 bridgehead atoms. The van der Waals surface area contributed by atoms with Gasteiger partial charge in [0.15, 0.2) is 43.5 Å². The number of hydrogen-bond donors (Lipinski definition) is 17. The van der Waals surface area contributed by atoms with Crippen molar-refractivity contribution in [3.8, 4) is 0 Å². The van der Waals surface area contributed by atoms with E-state index in [1.165, 1.54) is 13.2 Å². The molecule has 9 aliphatic rings. The number of methoxy groups -OCH3 is 1. The third kappa shape index (κ3) is 18.7. The lowest BCUT2D eigenvalue weighted by Crippen LogP contribution is -2.66. The number of carbonyl (C=O) groups excluding carboxylic acids is 3. The van der Waals surface area contributed by atoms with Gasteiger partial charge in [-0.05, 0) is 82.5 Å². The van der Waals surface area contributed by atoms with Crippen molar-refractivity contribution in [3.05, 3.63) is 24.3 Å². The topological polar surface area (TPSA) is 536 Å². The molecule has 18 N–H and O–H groups in total. The van der Waals surface area contributed by atoms with Crippen LogP contribution in [-0.2, 0) is 76.0 Å². The lowest BCUT2D eigenvalue weighted by Gasteiger charge is -2.51. The fraction of sp³-hybridized carbons (Fsp3) is 0.869. The van der Waals surface area contributed by atoms with Crippen LogP contribution in [0.25, 0.3) is 0 Å². The number of hydrogen-bond acceptors (Lipinski definition) is 32. The molecular formula is C61H95O34+. The number of esters is 3. The van der Waals surface area contributed by atoms with Gasteiger partial charge in [0, 0.05) is 38.0 Å². The molecule has 5 aliphatic heterocycles. The summed E-state index contributed by atoms with van der Waals surface area (Å²) in [5.74, 6) is -6.52.